The third-order valence-electron chi connectivity index (χ3n) is 1.93. The summed E-state index contributed by atoms with van der Waals surface area (Å²) >= 11 is 0. The summed E-state index contributed by atoms with van der Waals surface area (Å²) in [7, 11) is 0. The summed E-state index contributed by atoms with van der Waals surface area (Å²) < 4.78 is 1.88. The number of nitrogens with two attached hydrogens (primary N) is 1. The number of hydrogen-bond acceptors (Lipinski definition) is 2. The van der Waals surface area contributed by atoms with Gasteiger partial charge in [-0.2, -0.15) is 0 Å². The van der Waals surface area contributed by atoms with Gasteiger partial charge in [-0.25, -0.2) is 4.98 Å². The van der Waals surface area contributed by atoms with Gasteiger partial charge in [-0.05, 0) is 18.2 Å². The van der Waals surface area contributed by atoms with Gasteiger partial charge in [0.1, 0.15) is 0 Å². The van der Waals surface area contributed by atoms with Crippen LogP contribution in [0.1, 0.15) is 0 Å². The molecule has 0 atom stereocenters. The summed E-state index contributed by atoms with van der Waals surface area (Å²) in [5, 5.41) is 9.86. The number of aromatic nitrogens is 2. The van der Waals surface area contributed by atoms with Crippen LogP contribution in [0.2, 0.25) is 0 Å². The Morgan fingerprint density at radius 3 is 2.71 bits per heavy atom. The van der Waals surface area contributed by atoms with Crippen LogP contribution < -0.4 is 11.1 Å². The van der Waals surface area contributed by atoms with Crippen LogP contribution in [0.4, 0.5) is 5.69 Å². The van der Waals surface area contributed by atoms with Crippen molar-refractivity contribution in [2.75, 3.05) is 5.32 Å². The second-order valence-corrected chi connectivity index (χ2v) is 3.06. The molecule has 0 unspecified atom stereocenters. The normalized spacial score (nSPS) is 8.71. The highest BCUT2D eigenvalue weighted by Gasteiger charge is 1.97. The van der Waals surface area contributed by atoms with Crippen molar-refractivity contribution in [3.8, 4) is 5.69 Å². The Balaban J connectivity index is 0.00000128. The third kappa shape index (κ3) is 3.97. The van der Waals surface area contributed by atoms with Gasteiger partial charge in [0, 0.05) is 23.8 Å². The SMILES string of the molecule is Cl.Cl.N=C(N)Nc1cccc(-n2ccnc2)c1. The van der Waals surface area contributed by atoms with Crippen LogP contribution in [-0.4, -0.2) is 15.5 Å². The Morgan fingerprint density at radius 2 is 2.12 bits per heavy atom. The van der Waals surface area contributed by atoms with Crippen molar-refractivity contribution in [1.82, 2.24) is 9.55 Å². The first-order valence-corrected chi connectivity index (χ1v) is 4.45. The Morgan fingerprint density at radius 1 is 1.35 bits per heavy atom. The lowest BCUT2D eigenvalue weighted by Crippen LogP contribution is -2.20. The van der Waals surface area contributed by atoms with Crippen molar-refractivity contribution in [2.45, 2.75) is 0 Å². The van der Waals surface area contributed by atoms with E-state index < -0.39 is 0 Å². The predicted molar refractivity (Wildman–Crippen MR) is 73.6 cm³/mol. The molecule has 2 aromatic rings. The van der Waals surface area contributed by atoms with Crippen molar-refractivity contribution in [1.29, 1.82) is 5.41 Å². The smallest absolute Gasteiger partial charge is 0.190 e. The topological polar surface area (TPSA) is 79.7 Å². The maximum Gasteiger partial charge on any atom is 0.190 e. The van der Waals surface area contributed by atoms with E-state index in [2.05, 4.69) is 10.3 Å². The number of imidazole rings is 1. The fourth-order valence-electron chi connectivity index (χ4n) is 1.31. The number of guanidine groups is 1. The first-order valence-electron chi connectivity index (χ1n) is 4.45. The lowest BCUT2D eigenvalue weighted by Gasteiger charge is -2.06. The lowest BCUT2D eigenvalue weighted by atomic mass is 10.3. The molecule has 1 aromatic carbocycles. The molecule has 0 radical (unpaired) electrons. The Labute approximate surface area is 111 Å². The quantitative estimate of drug-likeness (QED) is 0.579. The van der Waals surface area contributed by atoms with Gasteiger partial charge in [0.2, 0.25) is 0 Å². The average Bonchev–Trinajstić information content (AvgIpc) is 2.69. The van der Waals surface area contributed by atoms with Crippen LogP contribution >= 0.6 is 24.8 Å². The standard InChI is InChI=1S/C10H11N5.2ClH/c11-10(12)14-8-2-1-3-9(6-8)15-5-4-13-7-15;;/h1-7H,(H4,11,12,14);2*1H. The number of hydrogen-bond donors (Lipinski definition) is 3. The van der Waals surface area contributed by atoms with Gasteiger partial charge < -0.3 is 15.6 Å². The zero-order valence-corrected chi connectivity index (χ0v) is 10.5. The van der Waals surface area contributed by atoms with E-state index in [0.717, 1.165) is 11.4 Å². The van der Waals surface area contributed by atoms with Crippen molar-refractivity contribution in [3.63, 3.8) is 0 Å². The van der Waals surface area contributed by atoms with Crippen LogP contribution in [0.25, 0.3) is 5.69 Å². The van der Waals surface area contributed by atoms with Crippen molar-refractivity contribution in [2.24, 2.45) is 5.73 Å². The van der Waals surface area contributed by atoms with Crippen LogP contribution in [-0.2, 0) is 0 Å². The molecule has 0 saturated carbocycles. The molecular formula is C10H13Cl2N5. The van der Waals surface area contributed by atoms with Crippen LogP contribution in [0, 0.1) is 5.41 Å². The summed E-state index contributed by atoms with van der Waals surface area (Å²) in [4.78, 5) is 3.96. The highest BCUT2D eigenvalue weighted by Crippen LogP contribution is 2.13. The van der Waals surface area contributed by atoms with E-state index in [0.29, 0.717) is 0 Å². The zero-order valence-electron chi connectivity index (χ0n) is 8.83. The molecule has 1 aromatic heterocycles. The Bertz CT molecular complexity index is 469. The fraction of sp³-hybridized carbons (Fsp3) is 0. The van der Waals surface area contributed by atoms with E-state index >= 15 is 0 Å². The minimum absolute atomic E-state index is 0. The van der Waals surface area contributed by atoms with Crippen LogP contribution in [0.15, 0.2) is 43.0 Å². The van der Waals surface area contributed by atoms with E-state index in [1.54, 1.807) is 12.5 Å². The molecule has 4 N–H and O–H groups in total. The predicted octanol–water partition coefficient (Wildman–Crippen LogP) is 2.02. The molecule has 7 heteroatoms. The summed E-state index contributed by atoms with van der Waals surface area (Å²) in [5.41, 5.74) is 7.00. The lowest BCUT2D eigenvalue weighted by molar-refractivity contribution is 1.06. The molecule has 5 nitrogen and oxygen atoms in total. The first-order chi connectivity index (χ1) is 7.25. The van der Waals surface area contributed by atoms with E-state index in [1.165, 1.54) is 0 Å². The van der Waals surface area contributed by atoms with Crippen molar-refractivity contribution in [3.05, 3.63) is 43.0 Å². The molecule has 17 heavy (non-hydrogen) atoms. The average molecular weight is 274 g/mol. The number of anilines is 1. The number of benzene rings is 1. The van der Waals surface area contributed by atoms with Gasteiger partial charge in [0.15, 0.2) is 5.96 Å². The maximum absolute atomic E-state index is 7.12. The monoisotopic (exact) mass is 273 g/mol. The first kappa shape index (κ1) is 15.3. The van der Waals surface area contributed by atoms with Gasteiger partial charge in [-0.15, -0.1) is 24.8 Å². The van der Waals surface area contributed by atoms with E-state index in [9.17, 15) is 0 Å². The van der Waals surface area contributed by atoms with Gasteiger partial charge in [0.05, 0.1) is 6.33 Å². The minimum Gasteiger partial charge on any atom is -0.370 e. The number of halogens is 2. The van der Waals surface area contributed by atoms with Crippen molar-refractivity contribution < 1.29 is 0 Å². The fourth-order valence-corrected chi connectivity index (χ4v) is 1.31. The van der Waals surface area contributed by atoms with E-state index in [4.69, 9.17) is 11.1 Å². The van der Waals surface area contributed by atoms with Gasteiger partial charge in [-0.3, -0.25) is 5.41 Å². The molecule has 2 rings (SSSR count). The zero-order chi connectivity index (χ0) is 10.7. The number of rotatable bonds is 2. The second kappa shape index (κ2) is 6.78. The molecule has 1 heterocycles. The summed E-state index contributed by atoms with van der Waals surface area (Å²) in [5.74, 6) is -0.0715. The Kier molecular flexibility index (Phi) is 6.09. The highest BCUT2D eigenvalue weighted by atomic mass is 35.5. The van der Waals surface area contributed by atoms with Gasteiger partial charge in [-0.1, -0.05) is 6.07 Å². The molecule has 0 amide bonds. The molecule has 0 saturated heterocycles. The molecule has 0 fully saturated rings. The van der Waals surface area contributed by atoms with Gasteiger partial charge >= 0.3 is 0 Å². The number of nitrogens with one attached hydrogen (secondary N) is 2. The summed E-state index contributed by atoms with van der Waals surface area (Å²) in [6, 6.07) is 7.58. The molecule has 0 aliphatic rings. The third-order valence-corrected chi connectivity index (χ3v) is 1.93. The maximum atomic E-state index is 7.12. The Hall–Kier alpha value is -1.72. The van der Waals surface area contributed by atoms with Gasteiger partial charge in [0.25, 0.3) is 0 Å². The van der Waals surface area contributed by atoms with Crippen LogP contribution in [0.5, 0.6) is 0 Å². The second-order valence-electron chi connectivity index (χ2n) is 3.06. The summed E-state index contributed by atoms with van der Waals surface area (Å²) in [6.45, 7) is 0. The molecule has 0 spiro atoms. The highest BCUT2D eigenvalue weighted by molar-refractivity contribution is 5.89. The number of nitrogens with zero attached hydrogens (tertiary/aromatic N) is 2. The molecule has 0 aliphatic carbocycles. The molecule has 0 aliphatic heterocycles. The minimum atomic E-state index is -0.0715. The summed E-state index contributed by atoms with van der Waals surface area (Å²) in [6.07, 6.45) is 5.28. The largest absolute Gasteiger partial charge is 0.370 e. The van der Waals surface area contributed by atoms with E-state index in [-0.39, 0.29) is 30.8 Å². The van der Waals surface area contributed by atoms with E-state index in [1.807, 2.05) is 35.0 Å². The van der Waals surface area contributed by atoms with Crippen molar-refractivity contribution >= 4 is 36.5 Å². The molecular weight excluding hydrogens is 261 g/mol. The molecule has 92 valence electrons. The molecule has 0 bridgehead atoms. The van der Waals surface area contributed by atoms with Crippen LogP contribution in [0.3, 0.4) is 0 Å².